The number of nitrogens with one attached hydrogen (secondary N) is 3. The number of anilines is 2. The van der Waals surface area contributed by atoms with Gasteiger partial charge in [-0.05, 0) is 5.92 Å². The largest absolute Gasteiger partial charge is 0.369 e. The summed E-state index contributed by atoms with van der Waals surface area (Å²) in [6, 6.07) is 0. The number of hydrazine groups is 1. The number of nitrogens with two attached hydrogens (primary N) is 1. The minimum Gasteiger partial charge on any atom is -0.369 e. The van der Waals surface area contributed by atoms with Crippen LogP contribution in [-0.2, 0) is 0 Å². The monoisotopic (exact) mass is 249 g/mol. The van der Waals surface area contributed by atoms with Gasteiger partial charge in [0, 0.05) is 6.54 Å². The number of hydrogen-bond acceptors (Lipinski definition) is 6. The molecule has 0 bridgehead atoms. The molecule has 0 saturated carbocycles. The first-order valence-corrected chi connectivity index (χ1v) is 6.20. The molecule has 7 heteroatoms. The number of nitrogen functional groups attached to an aromatic ring is 1. The van der Waals surface area contributed by atoms with Gasteiger partial charge >= 0.3 is 0 Å². The van der Waals surface area contributed by atoms with E-state index in [4.69, 9.17) is 5.84 Å². The molecule has 0 amide bonds. The van der Waals surface area contributed by atoms with Crippen LogP contribution in [0.3, 0.4) is 0 Å². The molecule has 0 unspecified atom stereocenters. The third kappa shape index (κ3) is 2.51. The van der Waals surface area contributed by atoms with Crippen LogP contribution in [0.4, 0.5) is 11.8 Å². The molecular formula is C11H19N7. The summed E-state index contributed by atoms with van der Waals surface area (Å²) in [6.45, 7) is 5.26. The summed E-state index contributed by atoms with van der Waals surface area (Å²) in [6.07, 6.45) is 4.00. The van der Waals surface area contributed by atoms with Gasteiger partial charge in [-0.2, -0.15) is 15.1 Å². The van der Waals surface area contributed by atoms with Gasteiger partial charge in [-0.1, -0.05) is 26.7 Å². The third-order valence-electron chi connectivity index (χ3n) is 3.15. The van der Waals surface area contributed by atoms with Crippen molar-refractivity contribution in [1.29, 1.82) is 0 Å². The number of aromatic amines is 1. The highest BCUT2D eigenvalue weighted by Gasteiger charge is 2.10. The Morgan fingerprint density at radius 2 is 2.11 bits per heavy atom. The van der Waals surface area contributed by atoms with Gasteiger partial charge in [-0.3, -0.25) is 10.5 Å². The van der Waals surface area contributed by atoms with E-state index in [0.717, 1.165) is 30.6 Å². The van der Waals surface area contributed by atoms with Gasteiger partial charge in [-0.15, -0.1) is 0 Å². The number of fused-ring (bicyclic) bond motifs is 1. The van der Waals surface area contributed by atoms with Crippen molar-refractivity contribution in [2.75, 3.05) is 17.3 Å². The molecule has 98 valence electrons. The lowest BCUT2D eigenvalue weighted by Crippen LogP contribution is -2.16. The number of rotatable bonds is 6. The molecule has 0 spiro atoms. The van der Waals surface area contributed by atoms with Crippen molar-refractivity contribution >= 4 is 22.8 Å². The molecule has 2 aromatic rings. The fraction of sp³-hybridized carbons (Fsp3) is 0.545. The van der Waals surface area contributed by atoms with E-state index >= 15 is 0 Å². The maximum absolute atomic E-state index is 5.35. The first-order chi connectivity index (χ1) is 8.78. The second kappa shape index (κ2) is 5.63. The lowest BCUT2D eigenvalue weighted by atomic mass is 10.0. The lowest BCUT2D eigenvalue weighted by Gasteiger charge is -2.14. The summed E-state index contributed by atoms with van der Waals surface area (Å²) in [5.41, 5.74) is 3.13. The molecule has 2 heterocycles. The van der Waals surface area contributed by atoms with Gasteiger partial charge in [0.15, 0.2) is 5.65 Å². The highest BCUT2D eigenvalue weighted by Crippen LogP contribution is 2.20. The summed E-state index contributed by atoms with van der Waals surface area (Å²) in [4.78, 5) is 8.49. The second-order valence-electron chi connectivity index (χ2n) is 4.24. The lowest BCUT2D eigenvalue weighted by molar-refractivity contribution is 0.518. The third-order valence-corrected chi connectivity index (χ3v) is 3.15. The van der Waals surface area contributed by atoms with Crippen molar-refractivity contribution in [3.05, 3.63) is 6.20 Å². The van der Waals surface area contributed by atoms with Crippen LogP contribution in [0.2, 0.25) is 0 Å². The Kier molecular flexibility index (Phi) is 3.93. The predicted octanol–water partition coefficient (Wildman–Crippen LogP) is 1.49. The van der Waals surface area contributed by atoms with Gasteiger partial charge < -0.3 is 5.32 Å². The second-order valence-corrected chi connectivity index (χ2v) is 4.24. The van der Waals surface area contributed by atoms with Gasteiger partial charge in [0.05, 0.1) is 11.6 Å². The van der Waals surface area contributed by atoms with Crippen molar-refractivity contribution in [3.8, 4) is 0 Å². The minimum atomic E-state index is 0.374. The molecule has 0 atom stereocenters. The fourth-order valence-electron chi connectivity index (χ4n) is 1.85. The van der Waals surface area contributed by atoms with Crippen molar-refractivity contribution in [2.45, 2.75) is 26.7 Å². The normalized spacial score (nSPS) is 11.1. The van der Waals surface area contributed by atoms with E-state index in [1.54, 1.807) is 6.20 Å². The summed E-state index contributed by atoms with van der Waals surface area (Å²) in [7, 11) is 0. The molecule has 0 aliphatic heterocycles. The van der Waals surface area contributed by atoms with Crippen molar-refractivity contribution in [2.24, 2.45) is 11.8 Å². The van der Waals surface area contributed by atoms with Crippen LogP contribution in [0.25, 0.3) is 11.0 Å². The van der Waals surface area contributed by atoms with Crippen LogP contribution in [0.1, 0.15) is 26.7 Å². The van der Waals surface area contributed by atoms with Gasteiger partial charge in [0.2, 0.25) is 5.95 Å². The molecule has 7 nitrogen and oxygen atoms in total. The number of hydrogen-bond donors (Lipinski definition) is 4. The topological polar surface area (TPSA) is 105 Å². The van der Waals surface area contributed by atoms with Crippen molar-refractivity contribution < 1.29 is 0 Å². The van der Waals surface area contributed by atoms with Gasteiger partial charge in [-0.25, -0.2) is 5.84 Å². The zero-order chi connectivity index (χ0) is 13.0. The van der Waals surface area contributed by atoms with Gasteiger partial charge in [0.1, 0.15) is 5.82 Å². The Morgan fingerprint density at radius 3 is 2.78 bits per heavy atom. The van der Waals surface area contributed by atoms with E-state index in [9.17, 15) is 0 Å². The van der Waals surface area contributed by atoms with E-state index in [2.05, 4.69) is 44.8 Å². The summed E-state index contributed by atoms with van der Waals surface area (Å²) in [5, 5.41) is 11.0. The smallest absolute Gasteiger partial charge is 0.241 e. The SMILES string of the molecule is CCC(CC)CNc1nc(NN)nc2[nH]ncc12. The predicted molar refractivity (Wildman–Crippen MR) is 72.1 cm³/mol. The Balaban J connectivity index is 2.22. The minimum absolute atomic E-state index is 0.374. The molecule has 0 aliphatic carbocycles. The Hall–Kier alpha value is -1.89. The summed E-state index contributed by atoms with van der Waals surface area (Å²) in [5.74, 6) is 7.12. The number of H-pyrrole nitrogens is 1. The zero-order valence-electron chi connectivity index (χ0n) is 10.7. The zero-order valence-corrected chi connectivity index (χ0v) is 10.7. The average Bonchev–Trinajstić information content (AvgIpc) is 2.87. The highest BCUT2D eigenvalue weighted by molar-refractivity contribution is 5.86. The highest BCUT2D eigenvalue weighted by atomic mass is 15.3. The van der Waals surface area contributed by atoms with E-state index in [0.29, 0.717) is 17.5 Å². The summed E-state index contributed by atoms with van der Waals surface area (Å²) >= 11 is 0. The summed E-state index contributed by atoms with van der Waals surface area (Å²) < 4.78 is 0. The maximum Gasteiger partial charge on any atom is 0.241 e. The molecule has 0 radical (unpaired) electrons. The maximum atomic E-state index is 5.35. The van der Waals surface area contributed by atoms with Crippen LogP contribution in [0.5, 0.6) is 0 Å². The molecule has 18 heavy (non-hydrogen) atoms. The number of aromatic nitrogens is 4. The molecule has 0 aliphatic rings. The number of nitrogens with zero attached hydrogens (tertiary/aromatic N) is 3. The quantitative estimate of drug-likeness (QED) is 0.456. The van der Waals surface area contributed by atoms with Crippen molar-refractivity contribution in [1.82, 2.24) is 20.2 Å². The van der Waals surface area contributed by atoms with Crippen LogP contribution in [0.15, 0.2) is 6.20 Å². The Morgan fingerprint density at radius 1 is 1.33 bits per heavy atom. The van der Waals surface area contributed by atoms with Crippen LogP contribution < -0.4 is 16.6 Å². The molecule has 0 aromatic carbocycles. The van der Waals surface area contributed by atoms with E-state index in [-0.39, 0.29) is 0 Å². The molecule has 5 N–H and O–H groups in total. The van der Waals surface area contributed by atoms with Crippen LogP contribution in [0, 0.1) is 5.92 Å². The van der Waals surface area contributed by atoms with E-state index < -0.39 is 0 Å². The van der Waals surface area contributed by atoms with E-state index in [1.165, 1.54) is 0 Å². The molecular weight excluding hydrogens is 230 g/mol. The Labute approximate surface area is 106 Å². The van der Waals surface area contributed by atoms with E-state index in [1.807, 2.05) is 0 Å². The van der Waals surface area contributed by atoms with Crippen LogP contribution in [-0.4, -0.2) is 26.7 Å². The van der Waals surface area contributed by atoms with Crippen LogP contribution >= 0.6 is 0 Å². The molecule has 2 rings (SSSR count). The Bertz CT molecular complexity index is 503. The fourth-order valence-corrected chi connectivity index (χ4v) is 1.85. The average molecular weight is 249 g/mol. The molecule has 0 saturated heterocycles. The first kappa shape index (κ1) is 12.6. The van der Waals surface area contributed by atoms with Crippen molar-refractivity contribution in [3.63, 3.8) is 0 Å². The molecule has 0 fully saturated rings. The van der Waals surface area contributed by atoms with Gasteiger partial charge in [0.25, 0.3) is 0 Å². The standard InChI is InChI=1S/C11H19N7/c1-3-7(4-2)5-13-9-8-6-14-18-10(8)16-11(15-9)17-12/h6-7H,3-5,12H2,1-2H3,(H3,13,14,15,16,17,18). The molecule has 2 aromatic heterocycles. The first-order valence-electron chi connectivity index (χ1n) is 6.20.